The summed E-state index contributed by atoms with van der Waals surface area (Å²) in [5.41, 5.74) is -0.258. The molecular formula is C18H13F2NO4S. The molecule has 0 spiro atoms. The van der Waals surface area contributed by atoms with Crippen molar-refractivity contribution in [1.82, 2.24) is 0 Å². The molecule has 0 unspecified atom stereocenters. The molecule has 0 aliphatic rings. The van der Waals surface area contributed by atoms with Gasteiger partial charge in [0.1, 0.15) is 11.6 Å². The van der Waals surface area contributed by atoms with Crippen LogP contribution in [0.4, 0.5) is 14.5 Å². The van der Waals surface area contributed by atoms with Crippen molar-refractivity contribution in [2.75, 3.05) is 5.32 Å². The van der Waals surface area contributed by atoms with Gasteiger partial charge in [-0.15, -0.1) is 0 Å². The van der Waals surface area contributed by atoms with Gasteiger partial charge in [0, 0.05) is 11.6 Å². The van der Waals surface area contributed by atoms with Crippen LogP contribution in [0.15, 0.2) is 70.2 Å². The van der Waals surface area contributed by atoms with E-state index >= 15 is 0 Å². The second-order valence-corrected chi connectivity index (χ2v) is 7.41. The Morgan fingerprint density at radius 3 is 2.50 bits per heavy atom. The summed E-state index contributed by atoms with van der Waals surface area (Å²) in [5, 5.41) is 2.18. The number of furan rings is 1. The van der Waals surface area contributed by atoms with E-state index in [4.69, 9.17) is 4.42 Å². The van der Waals surface area contributed by atoms with Crippen molar-refractivity contribution in [2.24, 2.45) is 0 Å². The Bertz CT molecular complexity index is 1050. The molecule has 1 aromatic heterocycles. The van der Waals surface area contributed by atoms with Gasteiger partial charge in [0.15, 0.2) is 15.6 Å². The SMILES string of the molecule is O=C(Nc1cc(F)ccc1F)c1occc1CS(=O)(=O)c1ccccc1. The first-order valence-electron chi connectivity index (χ1n) is 7.47. The zero-order chi connectivity index (χ0) is 18.7. The fourth-order valence-corrected chi connectivity index (χ4v) is 3.71. The number of hydrogen-bond acceptors (Lipinski definition) is 4. The number of nitrogens with one attached hydrogen (secondary N) is 1. The molecular weight excluding hydrogens is 364 g/mol. The minimum Gasteiger partial charge on any atom is -0.459 e. The lowest BCUT2D eigenvalue weighted by atomic mass is 10.2. The Hall–Kier alpha value is -3.00. The predicted octanol–water partition coefficient (Wildman–Crippen LogP) is 3.78. The van der Waals surface area contributed by atoms with E-state index in [2.05, 4.69) is 5.32 Å². The van der Waals surface area contributed by atoms with E-state index in [0.717, 1.165) is 24.5 Å². The zero-order valence-electron chi connectivity index (χ0n) is 13.3. The van der Waals surface area contributed by atoms with E-state index in [9.17, 15) is 22.0 Å². The highest BCUT2D eigenvalue weighted by Gasteiger charge is 2.23. The molecule has 134 valence electrons. The smallest absolute Gasteiger partial charge is 0.291 e. The lowest BCUT2D eigenvalue weighted by molar-refractivity contribution is 0.0995. The van der Waals surface area contributed by atoms with Gasteiger partial charge in [0.2, 0.25) is 0 Å². The van der Waals surface area contributed by atoms with Gasteiger partial charge < -0.3 is 9.73 Å². The number of amides is 1. The fraction of sp³-hybridized carbons (Fsp3) is 0.0556. The minimum atomic E-state index is -3.70. The van der Waals surface area contributed by atoms with Gasteiger partial charge in [-0.05, 0) is 30.3 Å². The highest BCUT2D eigenvalue weighted by molar-refractivity contribution is 7.90. The summed E-state index contributed by atoms with van der Waals surface area (Å²) in [5.74, 6) is -3.19. The molecule has 1 heterocycles. The van der Waals surface area contributed by atoms with Crippen molar-refractivity contribution >= 4 is 21.4 Å². The molecule has 2 aromatic carbocycles. The minimum absolute atomic E-state index is 0.101. The van der Waals surface area contributed by atoms with Crippen molar-refractivity contribution in [1.29, 1.82) is 0 Å². The molecule has 5 nitrogen and oxygen atoms in total. The van der Waals surface area contributed by atoms with Crippen molar-refractivity contribution in [3.63, 3.8) is 0 Å². The molecule has 26 heavy (non-hydrogen) atoms. The first kappa shape index (κ1) is 17.8. The molecule has 0 saturated carbocycles. The number of carbonyl (C=O) groups excluding carboxylic acids is 1. The highest BCUT2D eigenvalue weighted by Crippen LogP contribution is 2.22. The molecule has 1 amide bonds. The maximum atomic E-state index is 13.7. The third kappa shape index (κ3) is 3.80. The summed E-state index contributed by atoms with van der Waals surface area (Å²) in [7, 11) is -3.70. The molecule has 0 bridgehead atoms. The van der Waals surface area contributed by atoms with Crippen LogP contribution in [0.5, 0.6) is 0 Å². The number of carbonyl (C=O) groups is 1. The van der Waals surface area contributed by atoms with Crippen molar-refractivity contribution in [3.05, 3.63) is 83.8 Å². The normalized spacial score (nSPS) is 11.3. The Morgan fingerprint density at radius 2 is 1.77 bits per heavy atom. The molecule has 1 N–H and O–H groups in total. The summed E-state index contributed by atoms with van der Waals surface area (Å²) in [6, 6.07) is 11.7. The van der Waals surface area contributed by atoms with E-state index in [0.29, 0.717) is 0 Å². The second kappa shape index (κ2) is 7.09. The third-order valence-corrected chi connectivity index (χ3v) is 5.26. The van der Waals surface area contributed by atoms with Crippen LogP contribution in [0, 0.1) is 11.6 Å². The molecule has 0 atom stereocenters. The third-order valence-electron chi connectivity index (χ3n) is 3.58. The molecule has 0 aliphatic carbocycles. The average molecular weight is 377 g/mol. The second-order valence-electron chi connectivity index (χ2n) is 5.43. The van der Waals surface area contributed by atoms with E-state index in [1.54, 1.807) is 18.2 Å². The van der Waals surface area contributed by atoms with Crippen LogP contribution in [-0.4, -0.2) is 14.3 Å². The molecule has 0 saturated heterocycles. The Labute approximate surface area is 148 Å². The van der Waals surface area contributed by atoms with Crippen LogP contribution in [-0.2, 0) is 15.6 Å². The maximum absolute atomic E-state index is 13.7. The van der Waals surface area contributed by atoms with Crippen LogP contribution in [0.2, 0.25) is 0 Å². The van der Waals surface area contributed by atoms with Gasteiger partial charge in [0.25, 0.3) is 5.91 Å². The van der Waals surface area contributed by atoms with Crippen LogP contribution < -0.4 is 5.32 Å². The van der Waals surface area contributed by atoms with Gasteiger partial charge in [0.05, 0.1) is 22.6 Å². The zero-order valence-corrected chi connectivity index (χ0v) is 14.1. The lowest BCUT2D eigenvalue weighted by Gasteiger charge is -2.07. The summed E-state index contributed by atoms with van der Waals surface area (Å²) in [4.78, 5) is 12.4. The van der Waals surface area contributed by atoms with Crippen LogP contribution in [0.1, 0.15) is 16.1 Å². The van der Waals surface area contributed by atoms with Gasteiger partial charge in [-0.25, -0.2) is 17.2 Å². The molecule has 8 heteroatoms. The topological polar surface area (TPSA) is 76.4 Å². The number of anilines is 1. The molecule has 3 rings (SSSR count). The molecule has 0 radical (unpaired) electrons. The van der Waals surface area contributed by atoms with E-state index < -0.39 is 33.1 Å². The molecule has 0 fully saturated rings. The van der Waals surface area contributed by atoms with Gasteiger partial charge in [-0.3, -0.25) is 4.79 Å². The van der Waals surface area contributed by atoms with Gasteiger partial charge in [-0.1, -0.05) is 18.2 Å². The first-order valence-corrected chi connectivity index (χ1v) is 9.12. The summed E-state index contributed by atoms with van der Waals surface area (Å²) in [6.07, 6.45) is 1.16. The number of hydrogen-bond donors (Lipinski definition) is 1. The average Bonchev–Trinajstić information content (AvgIpc) is 3.06. The number of sulfone groups is 1. The van der Waals surface area contributed by atoms with E-state index in [-0.39, 0.29) is 21.9 Å². The Balaban J connectivity index is 1.84. The highest BCUT2D eigenvalue weighted by atomic mass is 32.2. The number of benzene rings is 2. The number of rotatable bonds is 5. The monoisotopic (exact) mass is 377 g/mol. The Morgan fingerprint density at radius 1 is 1.04 bits per heavy atom. The van der Waals surface area contributed by atoms with Crippen molar-refractivity contribution in [3.8, 4) is 0 Å². The van der Waals surface area contributed by atoms with Crippen molar-refractivity contribution < 1.29 is 26.4 Å². The van der Waals surface area contributed by atoms with Gasteiger partial charge >= 0.3 is 0 Å². The van der Waals surface area contributed by atoms with E-state index in [1.165, 1.54) is 18.2 Å². The summed E-state index contributed by atoms with van der Waals surface area (Å²) >= 11 is 0. The standard InChI is InChI=1S/C18H13F2NO4S/c19-13-6-7-15(20)16(10-13)21-18(22)17-12(8-9-25-17)11-26(23,24)14-4-2-1-3-5-14/h1-10H,11H2,(H,21,22). The van der Waals surface area contributed by atoms with Gasteiger partial charge in [-0.2, -0.15) is 0 Å². The largest absolute Gasteiger partial charge is 0.459 e. The van der Waals surface area contributed by atoms with E-state index in [1.807, 2.05) is 0 Å². The van der Waals surface area contributed by atoms with Crippen LogP contribution >= 0.6 is 0 Å². The quantitative estimate of drug-likeness (QED) is 0.734. The fourth-order valence-electron chi connectivity index (χ4n) is 2.34. The van der Waals surface area contributed by atoms with Crippen LogP contribution in [0.25, 0.3) is 0 Å². The lowest BCUT2D eigenvalue weighted by Crippen LogP contribution is -2.15. The molecule has 0 aliphatic heterocycles. The Kier molecular flexibility index (Phi) is 4.85. The van der Waals surface area contributed by atoms with Crippen molar-refractivity contribution in [2.45, 2.75) is 10.6 Å². The van der Waals surface area contributed by atoms with Crippen LogP contribution in [0.3, 0.4) is 0 Å². The molecule has 3 aromatic rings. The maximum Gasteiger partial charge on any atom is 0.291 e. The number of halogens is 2. The first-order chi connectivity index (χ1) is 12.4. The summed E-state index contributed by atoms with van der Waals surface area (Å²) in [6.45, 7) is 0. The summed E-state index contributed by atoms with van der Waals surface area (Å²) < 4.78 is 56.8. The predicted molar refractivity (Wildman–Crippen MR) is 90.4 cm³/mol.